The summed E-state index contributed by atoms with van der Waals surface area (Å²) in [6.07, 6.45) is 1.38. The summed E-state index contributed by atoms with van der Waals surface area (Å²) < 4.78 is 15.1. The van der Waals surface area contributed by atoms with Crippen molar-refractivity contribution < 1.29 is 23.8 Å². The van der Waals surface area contributed by atoms with Gasteiger partial charge < -0.3 is 19.5 Å². The molecule has 1 aromatic carbocycles. The van der Waals surface area contributed by atoms with E-state index in [1.165, 1.54) is 38.6 Å². The number of carbonyl (C=O) groups excluding carboxylic acids is 2. The van der Waals surface area contributed by atoms with Gasteiger partial charge >= 0.3 is 5.97 Å². The number of aromatic nitrogens is 1. The van der Waals surface area contributed by atoms with Gasteiger partial charge in [-0.1, -0.05) is 23.2 Å². The molecule has 0 radical (unpaired) electrons. The number of amides is 1. The van der Waals surface area contributed by atoms with E-state index in [-0.39, 0.29) is 16.3 Å². The zero-order valence-corrected chi connectivity index (χ0v) is 14.9. The average Bonchev–Trinajstić information content (AvgIpc) is 2.60. The van der Waals surface area contributed by atoms with E-state index in [4.69, 9.17) is 37.4 Å². The largest absolute Gasteiger partial charge is 0.493 e. The number of anilines is 1. The van der Waals surface area contributed by atoms with E-state index in [0.29, 0.717) is 16.6 Å². The van der Waals surface area contributed by atoms with Gasteiger partial charge in [0.25, 0.3) is 5.91 Å². The van der Waals surface area contributed by atoms with E-state index in [1.54, 1.807) is 6.07 Å². The van der Waals surface area contributed by atoms with Crippen molar-refractivity contribution in [1.29, 1.82) is 0 Å². The topological polar surface area (TPSA) is 86.8 Å². The fraction of sp³-hybridized carbons (Fsp3) is 0.188. The molecule has 0 saturated heterocycles. The van der Waals surface area contributed by atoms with Crippen molar-refractivity contribution in [3.05, 3.63) is 46.1 Å². The Kier molecular flexibility index (Phi) is 6.44. The van der Waals surface area contributed by atoms with Crippen LogP contribution in [0, 0.1) is 0 Å². The van der Waals surface area contributed by atoms with Crippen LogP contribution in [0.4, 0.5) is 5.82 Å². The molecule has 2 aromatic rings. The van der Waals surface area contributed by atoms with Crippen LogP contribution < -0.4 is 14.8 Å². The number of pyridine rings is 1. The number of hydrogen-bond acceptors (Lipinski definition) is 6. The molecule has 0 spiro atoms. The first-order chi connectivity index (χ1) is 11.9. The first-order valence-corrected chi connectivity index (χ1v) is 7.70. The molecule has 1 amide bonds. The molecule has 0 unspecified atom stereocenters. The highest BCUT2D eigenvalue weighted by Gasteiger charge is 2.17. The minimum absolute atomic E-state index is 0.125. The third-order valence-corrected chi connectivity index (χ3v) is 3.50. The average molecular weight is 385 g/mol. The molecule has 1 N–H and O–H groups in total. The summed E-state index contributed by atoms with van der Waals surface area (Å²) in [4.78, 5) is 27.8. The molecule has 1 aromatic heterocycles. The normalized spacial score (nSPS) is 10.1. The summed E-state index contributed by atoms with van der Waals surface area (Å²) in [5.41, 5.74) is 0.125. The molecule has 2 rings (SSSR count). The SMILES string of the molecule is COc1cc(C(=O)OCC(=O)Nc2ccc(Cl)cn2)cc(Cl)c1OC. The number of benzene rings is 1. The van der Waals surface area contributed by atoms with Gasteiger partial charge in [-0.25, -0.2) is 9.78 Å². The minimum Gasteiger partial charge on any atom is -0.493 e. The van der Waals surface area contributed by atoms with Crippen LogP contribution in [0.15, 0.2) is 30.5 Å². The Morgan fingerprint density at radius 2 is 1.92 bits per heavy atom. The number of ether oxygens (including phenoxy) is 3. The molecule has 0 saturated carbocycles. The number of nitrogens with one attached hydrogen (secondary N) is 1. The number of halogens is 2. The molecule has 0 fully saturated rings. The van der Waals surface area contributed by atoms with Gasteiger partial charge in [0.1, 0.15) is 5.82 Å². The van der Waals surface area contributed by atoms with Crippen LogP contribution in [-0.4, -0.2) is 37.7 Å². The van der Waals surface area contributed by atoms with Gasteiger partial charge in [0.05, 0.1) is 29.8 Å². The highest BCUT2D eigenvalue weighted by molar-refractivity contribution is 6.32. The maximum absolute atomic E-state index is 12.1. The summed E-state index contributed by atoms with van der Waals surface area (Å²) in [7, 11) is 2.84. The van der Waals surface area contributed by atoms with Crippen LogP contribution in [0.2, 0.25) is 10.0 Å². The van der Waals surface area contributed by atoms with Crippen molar-refractivity contribution in [1.82, 2.24) is 4.98 Å². The van der Waals surface area contributed by atoms with Gasteiger partial charge in [-0.15, -0.1) is 0 Å². The number of nitrogens with zero attached hydrogens (tertiary/aromatic N) is 1. The zero-order valence-electron chi connectivity index (χ0n) is 13.3. The lowest BCUT2D eigenvalue weighted by atomic mass is 10.2. The smallest absolute Gasteiger partial charge is 0.338 e. The van der Waals surface area contributed by atoms with Crippen LogP contribution in [0.5, 0.6) is 11.5 Å². The lowest BCUT2D eigenvalue weighted by molar-refractivity contribution is -0.119. The van der Waals surface area contributed by atoms with Crippen molar-refractivity contribution in [3.63, 3.8) is 0 Å². The molecule has 1 heterocycles. The van der Waals surface area contributed by atoms with Gasteiger partial charge in [-0.3, -0.25) is 4.79 Å². The molecule has 132 valence electrons. The van der Waals surface area contributed by atoms with Crippen molar-refractivity contribution >= 4 is 40.9 Å². The predicted molar refractivity (Wildman–Crippen MR) is 92.7 cm³/mol. The maximum Gasteiger partial charge on any atom is 0.338 e. The second kappa shape index (κ2) is 8.55. The van der Waals surface area contributed by atoms with E-state index < -0.39 is 18.5 Å². The molecule has 0 aliphatic carbocycles. The number of methoxy groups -OCH3 is 2. The Morgan fingerprint density at radius 3 is 2.52 bits per heavy atom. The van der Waals surface area contributed by atoms with Crippen molar-refractivity contribution in [3.8, 4) is 11.5 Å². The highest BCUT2D eigenvalue weighted by atomic mass is 35.5. The molecule has 25 heavy (non-hydrogen) atoms. The van der Waals surface area contributed by atoms with Gasteiger partial charge in [0, 0.05) is 6.20 Å². The Balaban J connectivity index is 1.99. The number of esters is 1. The predicted octanol–water partition coefficient (Wildman–Crippen LogP) is 3.20. The van der Waals surface area contributed by atoms with Gasteiger partial charge in [0.2, 0.25) is 0 Å². The first kappa shape index (κ1) is 18.8. The maximum atomic E-state index is 12.1. The van der Waals surface area contributed by atoms with Crippen LogP contribution in [-0.2, 0) is 9.53 Å². The third kappa shape index (κ3) is 4.98. The fourth-order valence-electron chi connectivity index (χ4n) is 1.88. The standard InChI is InChI=1S/C16H14Cl2N2O5/c1-23-12-6-9(5-11(18)15(12)24-2)16(22)25-8-14(21)20-13-4-3-10(17)7-19-13/h3-7H,8H2,1-2H3,(H,19,20,21). The van der Waals surface area contributed by atoms with Gasteiger partial charge in [-0.05, 0) is 24.3 Å². The summed E-state index contributed by atoms with van der Waals surface area (Å²) in [6, 6.07) is 5.87. The van der Waals surface area contributed by atoms with E-state index in [2.05, 4.69) is 10.3 Å². The zero-order chi connectivity index (χ0) is 18.4. The van der Waals surface area contributed by atoms with Crippen molar-refractivity contribution in [2.75, 3.05) is 26.1 Å². The second-order valence-corrected chi connectivity index (χ2v) is 5.52. The minimum atomic E-state index is -0.734. The second-order valence-electron chi connectivity index (χ2n) is 4.68. The molecule has 0 aliphatic rings. The van der Waals surface area contributed by atoms with Gasteiger partial charge in [0.15, 0.2) is 18.1 Å². The molecule has 7 nitrogen and oxygen atoms in total. The molecular weight excluding hydrogens is 371 g/mol. The Labute approximate surface area is 153 Å². The Hall–Kier alpha value is -2.51. The number of carbonyl (C=O) groups is 2. The first-order valence-electron chi connectivity index (χ1n) is 6.94. The lowest BCUT2D eigenvalue weighted by Crippen LogP contribution is -2.21. The van der Waals surface area contributed by atoms with E-state index in [9.17, 15) is 9.59 Å². The van der Waals surface area contributed by atoms with Gasteiger partial charge in [-0.2, -0.15) is 0 Å². The molecule has 0 aliphatic heterocycles. The highest BCUT2D eigenvalue weighted by Crippen LogP contribution is 2.36. The Morgan fingerprint density at radius 1 is 1.16 bits per heavy atom. The fourth-order valence-corrected chi connectivity index (χ4v) is 2.28. The number of rotatable bonds is 6. The summed E-state index contributed by atoms with van der Waals surface area (Å²) in [5, 5.41) is 3.09. The molecule has 0 bridgehead atoms. The quantitative estimate of drug-likeness (QED) is 0.769. The van der Waals surface area contributed by atoms with E-state index >= 15 is 0 Å². The van der Waals surface area contributed by atoms with Crippen LogP contribution in [0.25, 0.3) is 0 Å². The molecular formula is C16H14Cl2N2O5. The lowest BCUT2D eigenvalue weighted by Gasteiger charge is -2.11. The van der Waals surface area contributed by atoms with Crippen LogP contribution in [0.3, 0.4) is 0 Å². The summed E-state index contributed by atoms with van der Waals surface area (Å²) >= 11 is 11.7. The monoisotopic (exact) mass is 384 g/mol. The van der Waals surface area contributed by atoms with E-state index in [1.807, 2.05) is 0 Å². The van der Waals surface area contributed by atoms with Crippen LogP contribution >= 0.6 is 23.2 Å². The van der Waals surface area contributed by atoms with Crippen molar-refractivity contribution in [2.24, 2.45) is 0 Å². The van der Waals surface area contributed by atoms with E-state index in [0.717, 1.165) is 0 Å². The summed E-state index contributed by atoms with van der Waals surface area (Å²) in [6.45, 7) is -0.491. The van der Waals surface area contributed by atoms with Crippen molar-refractivity contribution in [2.45, 2.75) is 0 Å². The molecule has 9 heteroatoms. The summed E-state index contributed by atoms with van der Waals surface area (Å²) in [5.74, 6) is -0.416. The number of hydrogen-bond donors (Lipinski definition) is 1. The van der Waals surface area contributed by atoms with Crippen LogP contribution in [0.1, 0.15) is 10.4 Å². The third-order valence-electron chi connectivity index (χ3n) is 3.00. The Bertz CT molecular complexity index is 781. The molecule has 0 atom stereocenters.